The van der Waals surface area contributed by atoms with Gasteiger partial charge < -0.3 is 4.74 Å². The molecule has 1 aliphatic carbocycles. The Morgan fingerprint density at radius 1 is 1.47 bits per heavy atom. The number of carbonyl (C=O) groups excluding carboxylic acids is 1. The van der Waals surface area contributed by atoms with Crippen LogP contribution in [0.25, 0.3) is 0 Å². The fourth-order valence-electron chi connectivity index (χ4n) is 2.92. The molecule has 1 aromatic rings. The van der Waals surface area contributed by atoms with E-state index in [-0.39, 0.29) is 5.78 Å². The van der Waals surface area contributed by atoms with Crippen LogP contribution in [0.5, 0.6) is 0 Å². The maximum absolute atomic E-state index is 12.6. The van der Waals surface area contributed by atoms with E-state index in [4.69, 9.17) is 16.3 Å². The van der Waals surface area contributed by atoms with E-state index < -0.39 is 5.60 Å². The monoisotopic (exact) mass is 284 g/mol. The van der Waals surface area contributed by atoms with E-state index in [0.29, 0.717) is 18.2 Å². The number of carbonyl (C=O) groups is 1. The first-order valence-corrected chi connectivity index (χ1v) is 7.23. The van der Waals surface area contributed by atoms with E-state index in [1.165, 1.54) is 0 Å². The van der Waals surface area contributed by atoms with Gasteiger partial charge in [-0.1, -0.05) is 11.6 Å². The number of hydrogen-bond donors (Lipinski definition) is 0. The molecule has 0 unspecified atom stereocenters. The summed E-state index contributed by atoms with van der Waals surface area (Å²) in [6.07, 6.45) is 4.10. The van der Waals surface area contributed by atoms with Gasteiger partial charge in [-0.15, -0.1) is 0 Å². The van der Waals surface area contributed by atoms with Crippen LogP contribution in [0.2, 0.25) is 5.15 Å². The fraction of sp³-hybridized carbons (Fsp3) is 0.714. The van der Waals surface area contributed by atoms with Crippen molar-refractivity contribution in [3.8, 4) is 0 Å². The number of Topliss-reactive ketones (excluding diaryl/α,β-unsaturated/α-hetero) is 1. The zero-order valence-electron chi connectivity index (χ0n) is 11.8. The van der Waals surface area contributed by atoms with Gasteiger partial charge in [0.05, 0.1) is 5.69 Å². The topological polar surface area (TPSA) is 44.1 Å². The van der Waals surface area contributed by atoms with E-state index in [0.717, 1.165) is 36.9 Å². The second kappa shape index (κ2) is 5.63. The second-order valence-electron chi connectivity index (χ2n) is 5.21. The molecule has 1 saturated carbocycles. The lowest BCUT2D eigenvalue weighted by Crippen LogP contribution is -2.40. The van der Waals surface area contributed by atoms with Gasteiger partial charge in [0, 0.05) is 25.6 Å². The Bertz CT molecular complexity index is 476. The Labute approximate surface area is 119 Å². The number of aryl methyl sites for hydroxylation is 2. The minimum absolute atomic E-state index is 0.143. The molecule has 0 amide bonds. The van der Waals surface area contributed by atoms with Crippen LogP contribution in [0.15, 0.2) is 0 Å². The van der Waals surface area contributed by atoms with Gasteiger partial charge >= 0.3 is 0 Å². The van der Waals surface area contributed by atoms with Crippen LogP contribution >= 0.6 is 11.6 Å². The standard InChI is InChI=1S/C14H21ClN2O2/c1-4-19-14(7-5-6-8-14)12(18)9-11-10(2)16-17(3)13(11)15/h4-9H2,1-3H3. The molecule has 0 spiro atoms. The first-order chi connectivity index (χ1) is 9.00. The van der Waals surface area contributed by atoms with Gasteiger partial charge in [0.1, 0.15) is 10.8 Å². The molecule has 0 atom stereocenters. The normalized spacial score (nSPS) is 17.9. The number of ether oxygens (including phenoxy) is 1. The van der Waals surface area contributed by atoms with Gasteiger partial charge in [0.15, 0.2) is 5.78 Å². The number of hydrogen-bond acceptors (Lipinski definition) is 3. The number of nitrogens with zero attached hydrogens (tertiary/aromatic N) is 2. The summed E-state index contributed by atoms with van der Waals surface area (Å²) in [6.45, 7) is 4.40. The van der Waals surface area contributed by atoms with Gasteiger partial charge in [-0.05, 0) is 39.5 Å². The van der Waals surface area contributed by atoms with Gasteiger partial charge in [-0.25, -0.2) is 0 Å². The Balaban J connectivity index is 2.20. The Hall–Kier alpha value is -0.870. The number of rotatable bonds is 5. The lowest BCUT2D eigenvalue weighted by molar-refractivity contribution is -0.142. The third kappa shape index (κ3) is 2.70. The van der Waals surface area contributed by atoms with Crippen LogP contribution in [0.1, 0.15) is 43.9 Å². The smallest absolute Gasteiger partial charge is 0.169 e. The summed E-state index contributed by atoms with van der Waals surface area (Å²) in [5.74, 6) is 0.143. The van der Waals surface area contributed by atoms with Crippen molar-refractivity contribution in [1.82, 2.24) is 9.78 Å². The van der Waals surface area contributed by atoms with E-state index in [9.17, 15) is 4.79 Å². The first-order valence-electron chi connectivity index (χ1n) is 6.85. The third-order valence-corrected chi connectivity index (χ3v) is 4.42. The van der Waals surface area contributed by atoms with E-state index in [1.54, 1.807) is 11.7 Å². The first kappa shape index (κ1) is 14.5. The predicted octanol–water partition coefficient (Wildman–Crippen LogP) is 2.84. The van der Waals surface area contributed by atoms with Crippen molar-refractivity contribution in [1.29, 1.82) is 0 Å². The number of ketones is 1. The molecule has 0 aromatic carbocycles. The molecule has 1 fully saturated rings. The second-order valence-corrected chi connectivity index (χ2v) is 5.57. The van der Waals surface area contributed by atoms with Crippen LogP contribution in [-0.2, 0) is 23.0 Å². The largest absolute Gasteiger partial charge is 0.367 e. The Kier molecular flexibility index (Phi) is 4.31. The number of halogens is 1. The molecule has 1 aliphatic rings. The molecule has 1 aromatic heterocycles. The van der Waals surface area contributed by atoms with Crippen molar-refractivity contribution in [2.75, 3.05) is 6.61 Å². The summed E-state index contributed by atoms with van der Waals surface area (Å²) < 4.78 is 7.40. The molecular weight excluding hydrogens is 264 g/mol. The zero-order valence-corrected chi connectivity index (χ0v) is 12.6. The maximum Gasteiger partial charge on any atom is 0.169 e. The minimum atomic E-state index is -0.583. The van der Waals surface area contributed by atoms with Crippen LogP contribution in [-0.4, -0.2) is 27.8 Å². The molecule has 0 radical (unpaired) electrons. The van der Waals surface area contributed by atoms with Gasteiger partial charge in [0.2, 0.25) is 0 Å². The molecule has 0 N–H and O–H groups in total. The summed E-state index contributed by atoms with van der Waals surface area (Å²) >= 11 is 6.19. The van der Waals surface area contributed by atoms with Crippen LogP contribution in [0.3, 0.4) is 0 Å². The SMILES string of the molecule is CCOC1(C(=O)Cc2c(C)nn(C)c2Cl)CCCC1. The maximum atomic E-state index is 12.6. The summed E-state index contributed by atoms with van der Waals surface area (Å²) in [6, 6.07) is 0. The average Bonchev–Trinajstić information content (AvgIpc) is 2.92. The summed E-state index contributed by atoms with van der Waals surface area (Å²) in [5, 5.41) is 4.80. The van der Waals surface area contributed by atoms with Crippen molar-refractivity contribution in [2.45, 2.75) is 51.6 Å². The zero-order chi connectivity index (χ0) is 14.0. The van der Waals surface area contributed by atoms with E-state index >= 15 is 0 Å². The molecule has 0 aliphatic heterocycles. The highest BCUT2D eigenvalue weighted by atomic mass is 35.5. The highest BCUT2D eigenvalue weighted by Gasteiger charge is 2.41. The van der Waals surface area contributed by atoms with E-state index in [1.807, 2.05) is 13.8 Å². The fourth-order valence-corrected chi connectivity index (χ4v) is 3.16. The van der Waals surface area contributed by atoms with Crippen LogP contribution in [0, 0.1) is 6.92 Å². The van der Waals surface area contributed by atoms with Crippen LogP contribution in [0.4, 0.5) is 0 Å². The van der Waals surface area contributed by atoms with Gasteiger partial charge in [-0.3, -0.25) is 9.48 Å². The predicted molar refractivity (Wildman–Crippen MR) is 74.5 cm³/mol. The summed E-state index contributed by atoms with van der Waals surface area (Å²) in [7, 11) is 1.79. The lowest BCUT2D eigenvalue weighted by Gasteiger charge is -2.27. The molecule has 2 rings (SSSR count). The summed E-state index contributed by atoms with van der Waals surface area (Å²) in [4.78, 5) is 12.6. The highest BCUT2D eigenvalue weighted by molar-refractivity contribution is 6.30. The Morgan fingerprint density at radius 2 is 2.11 bits per heavy atom. The molecule has 0 bridgehead atoms. The Morgan fingerprint density at radius 3 is 2.58 bits per heavy atom. The van der Waals surface area contributed by atoms with Crippen molar-refractivity contribution < 1.29 is 9.53 Å². The highest BCUT2D eigenvalue weighted by Crippen LogP contribution is 2.35. The van der Waals surface area contributed by atoms with E-state index in [2.05, 4.69) is 5.10 Å². The van der Waals surface area contributed by atoms with Crippen molar-refractivity contribution in [3.63, 3.8) is 0 Å². The number of aromatic nitrogens is 2. The van der Waals surface area contributed by atoms with Crippen LogP contribution < -0.4 is 0 Å². The van der Waals surface area contributed by atoms with Crippen molar-refractivity contribution >= 4 is 17.4 Å². The lowest BCUT2D eigenvalue weighted by atomic mass is 9.91. The quantitative estimate of drug-likeness (QED) is 0.835. The average molecular weight is 285 g/mol. The minimum Gasteiger partial charge on any atom is -0.367 e. The molecular formula is C14H21ClN2O2. The molecule has 0 saturated heterocycles. The molecule has 4 nitrogen and oxygen atoms in total. The van der Waals surface area contributed by atoms with Gasteiger partial charge in [-0.2, -0.15) is 5.10 Å². The molecule has 1 heterocycles. The summed E-state index contributed by atoms with van der Waals surface area (Å²) in [5.41, 5.74) is 1.08. The van der Waals surface area contributed by atoms with Gasteiger partial charge in [0.25, 0.3) is 0 Å². The third-order valence-electron chi connectivity index (χ3n) is 3.95. The molecule has 5 heteroatoms. The molecule has 106 valence electrons. The van der Waals surface area contributed by atoms with Crippen molar-refractivity contribution in [3.05, 3.63) is 16.4 Å². The van der Waals surface area contributed by atoms with Crippen molar-refractivity contribution in [2.24, 2.45) is 7.05 Å². The molecule has 19 heavy (non-hydrogen) atoms.